The Kier molecular flexibility index (Phi) is 2.60. The van der Waals surface area contributed by atoms with Gasteiger partial charge in [0.1, 0.15) is 5.82 Å². The summed E-state index contributed by atoms with van der Waals surface area (Å²) in [5.41, 5.74) is 1.42. The Morgan fingerprint density at radius 3 is 2.52 bits per heavy atom. The lowest BCUT2D eigenvalue weighted by Crippen LogP contribution is -1.92. The zero-order valence-electron chi connectivity index (χ0n) is 10.7. The predicted molar refractivity (Wildman–Crippen MR) is 71.3 cm³/mol. The van der Waals surface area contributed by atoms with Gasteiger partial charge >= 0.3 is 0 Å². The van der Waals surface area contributed by atoms with Gasteiger partial charge in [0.05, 0.1) is 0 Å². The van der Waals surface area contributed by atoms with Crippen molar-refractivity contribution in [2.24, 2.45) is 0 Å². The molecular formula is C15H9FN2O3. The van der Waals surface area contributed by atoms with E-state index in [1.807, 2.05) is 6.07 Å². The summed E-state index contributed by atoms with van der Waals surface area (Å²) < 4.78 is 28.7. The Bertz CT molecular complexity index is 799. The lowest BCUT2D eigenvalue weighted by atomic mass is 10.2. The fourth-order valence-electron chi connectivity index (χ4n) is 2.09. The third-order valence-corrected chi connectivity index (χ3v) is 3.15. The van der Waals surface area contributed by atoms with Gasteiger partial charge in [0.25, 0.3) is 5.89 Å². The van der Waals surface area contributed by atoms with E-state index in [-0.39, 0.29) is 12.6 Å². The zero-order chi connectivity index (χ0) is 14.2. The first-order valence-corrected chi connectivity index (χ1v) is 6.29. The molecule has 2 aromatic carbocycles. The largest absolute Gasteiger partial charge is 0.454 e. The van der Waals surface area contributed by atoms with Gasteiger partial charge in [-0.15, -0.1) is 0 Å². The van der Waals surface area contributed by atoms with Crippen LogP contribution in [0, 0.1) is 5.82 Å². The maximum atomic E-state index is 12.9. The summed E-state index contributed by atoms with van der Waals surface area (Å²) in [4.78, 5) is 4.31. The number of hydrogen-bond donors (Lipinski definition) is 0. The van der Waals surface area contributed by atoms with Gasteiger partial charge in [-0.3, -0.25) is 0 Å². The second kappa shape index (κ2) is 4.59. The number of nitrogens with zero attached hydrogens (tertiary/aromatic N) is 2. The number of hydrogen-bond acceptors (Lipinski definition) is 5. The molecule has 0 radical (unpaired) electrons. The van der Waals surface area contributed by atoms with Crippen LogP contribution in [0.1, 0.15) is 0 Å². The van der Waals surface area contributed by atoms with E-state index in [9.17, 15) is 4.39 Å². The highest BCUT2D eigenvalue weighted by Crippen LogP contribution is 2.35. The van der Waals surface area contributed by atoms with Crippen molar-refractivity contribution in [2.75, 3.05) is 6.79 Å². The van der Waals surface area contributed by atoms with E-state index < -0.39 is 0 Å². The quantitative estimate of drug-likeness (QED) is 0.722. The van der Waals surface area contributed by atoms with Crippen LogP contribution in [0.15, 0.2) is 47.0 Å². The Balaban J connectivity index is 1.69. The first-order chi connectivity index (χ1) is 10.3. The highest BCUT2D eigenvalue weighted by atomic mass is 19.1. The molecule has 0 fully saturated rings. The molecule has 6 heteroatoms. The van der Waals surface area contributed by atoms with Crippen molar-refractivity contribution in [2.45, 2.75) is 0 Å². The number of benzene rings is 2. The minimum atomic E-state index is -0.311. The number of aromatic nitrogens is 2. The minimum Gasteiger partial charge on any atom is -0.454 e. The summed E-state index contributed by atoms with van der Waals surface area (Å²) in [6.45, 7) is 0.214. The molecule has 1 aromatic heterocycles. The topological polar surface area (TPSA) is 57.4 Å². The molecule has 0 N–H and O–H groups in total. The first kappa shape index (κ1) is 11.9. The maximum Gasteiger partial charge on any atom is 0.258 e. The van der Waals surface area contributed by atoms with Gasteiger partial charge in [-0.1, -0.05) is 5.16 Å². The van der Waals surface area contributed by atoms with Crippen molar-refractivity contribution < 1.29 is 18.4 Å². The van der Waals surface area contributed by atoms with Crippen molar-refractivity contribution in [3.63, 3.8) is 0 Å². The fourth-order valence-corrected chi connectivity index (χ4v) is 2.09. The van der Waals surface area contributed by atoms with Gasteiger partial charge in [0.15, 0.2) is 11.5 Å². The molecule has 0 amide bonds. The van der Waals surface area contributed by atoms with E-state index in [4.69, 9.17) is 14.0 Å². The summed E-state index contributed by atoms with van der Waals surface area (Å²) in [5, 5.41) is 3.93. The molecule has 0 atom stereocenters. The van der Waals surface area contributed by atoms with Crippen molar-refractivity contribution in [3.05, 3.63) is 48.3 Å². The van der Waals surface area contributed by atoms with Gasteiger partial charge in [0, 0.05) is 11.1 Å². The molecule has 0 spiro atoms. The van der Waals surface area contributed by atoms with Crippen molar-refractivity contribution in [3.8, 4) is 34.3 Å². The van der Waals surface area contributed by atoms with E-state index >= 15 is 0 Å². The van der Waals surface area contributed by atoms with Crippen LogP contribution in [0.5, 0.6) is 11.5 Å². The molecular weight excluding hydrogens is 275 g/mol. The van der Waals surface area contributed by atoms with Crippen LogP contribution in [0.4, 0.5) is 4.39 Å². The average Bonchev–Trinajstić information content (AvgIpc) is 3.16. The monoisotopic (exact) mass is 284 g/mol. The molecule has 21 heavy (non-hydrogen) atoms. The Morgan fingerprint density at radius 1 is 0.905 bits per heavy atom. The van der Waals surface area contributed by atoms with Crippen molar-refractivity contribution >= 4 is 0 Å². The smallest absolute Gasteiger partial charge is 0.258 e. The lowest BCUT2D eigenvalue weighted by molar-refractivity contribution is 0.174. The van der Waals surface area contributed by atoms with Crippen LogP contribution in [0.25, 0.3) is 22.8 Å². The highest BCUT2D eigenvalue weighted by molar-refractivity contribution is 5.63. The molecule has 1 aliphatic heterocycles. The predicted octanol–water partition coefficient (Wildman–Crippen LogP) is 3.27. The molecule has 0 unspecified atom stereocenters. The molecule has 0 saturated heterocycles. The summed E-state index contributed by atoms with van der Waals surface area (Å²) in [7, 11) is 0. The lowest BCUT2D eigenvalue weighted by Gasteiger charge is -1.97. The van der Waals surface area contributed by atoms with Crippen LogP contribution in [-0.2, 0) is 0 Å². The van der Waals surface area contributed by atoms with E-state index in [1.165, 1.54) is 12.1 Å². The van der Waals surface area contributed by atoms with Gasteiger partial charge in [-0.25, -0.2) is 4.39 Å². The molecule has 104 valence electrons. The molecule has 4 rings (SSSR count). The van der Waals surface area contributed by atoms with Crippen LogP contribution >= 0.6 is 0 Å². The molecule has 2 heterocycles. The summed E-state index contributed by atoms with van der Waals surface area (Å²) in [5.74, 6) is 1.81. The summed E-state index contributed by atoms with van der Waals surface area (Å²) in [6, 6.07) is 11.3. The van der Waals surface area contributed by atoms with E-state index in [0.717, 1.165) is 5.56 Å². The molecule has 0 aliphatic carbocycles. The highest BCUT2D eigenvalue weighted by Gasteiger charge is 2.17. The van der Waals surface area contributed by atoms with Gasteiger partial charge in [-0.05, 0) is 42.5 Å². The average molecular weight is 284 g/mol. The SMILES string of the molecule is Fc1ccc(-c2nc(-c3ccc4c(c3)OCO4)no2)cc1. The van der Waals surface area contributed by atoms with E-state index in [1.54, 1.807) is 24.3 Å². The first-order valence-electron chi connectivity index (χ1n) is 6.29. The number of ether oxygens (including phenoxy) is 2. The van der Waals surface area contributed by atoms with E-state index in [2.05, 4.69) is 10.1 Å². The maximum absolute atomic E-state index is 12.9. The molecule has 0 bridgehead atoms. The Labute approximate surface area is 118 Å². The van der Waals surface area contributed by atoms with Crippen LogP contribution < -0.4 is 9.47 Å². The fraction of sp³-hybridized carbons (Fsp3) is 0.0667. The van der Waals surface area contributed by atoms with Crippen molar-refractivity contribution in [1.29, 1.82) is 0 Å². The minimum absolute atomic E-state index is 0.214. The molecule has 0 saturated carbocycles. The van der Waals surface area contributed by atoms with Gasteiger partial charge < -0.3 is 14.0 Å². The van der Waals surface area contributed by atoms with Crippen LogP contribution in [0.3, 0.4) is 0 Å². The van der Waals surface area contributed by atoms with Gasteiger partial charge in [0.2, 0.25) is 12.6 Å². The standard InChI is InChI=1S/C15H9FN2O3/c16-11-4-1-9(2-5-11)15-17-14(18-21-15)10-3-6-12-13(7-10)20-8-19-12/h1-7H,8H2. The third-order valence-electron chi connectivity index (χ3n) is 3.15. The van der Waals surface area contributed by atoms with Crippen LogP contribution in [-0.4, -0.2) is 16.9 Å². The number of halogens is 1. The summed E-state index contributed by atoms with van der Waals surface area (Å²) in [6.07, 6.45) is 0. The third kappa shape index (κ3) is 2.10. The second-order valence-electron chi connectivity index (χ2n) is 4.50. The molecule has 5 nitrogen and oxygen atoms in total. The second-order valence-corrected chi connectivity index (χ2v) is 4.50. The zero-order valence-corrected chi connectivity index (χ0v) is 10.7. The van der Waals surface area contributed by atoms with Gasteiger partial charge in [-0.2, -0.15) is 4.98 Å². The molecule has 3 aromatic rings. The van der Waals surface area contributed by atoms with Crippen molar-refractivity contribution in [1.82, 2.24) is 10.1 Å². The Morgan fingerprint density at radius 2 is 1.67 bits per heavy atom. The number of rotatable bonds is 2. The normalized spacial score (nSPS) is 12.6. The van der Waals surface area contributed by atoms with E-state index in [0.29, 0.717) is 28.8 Å². The molecule has 1 aliphatic rings. The number of fused-ring (bicyclic) bond motifs is 1. The Hall–Kier alpha value is -2.89. The summed E-state index contributed by atoms with van der Waals surface area (Å²) >= 11 is 0. The van der Waals surface area contributed by atoms with Crippen LogP contribution in [0.2, 0.25) is 0 Å².